The highest BCUT2D eigenvalue weighted by Crippen LogP contribution is 2.24. The molecule has 112 valence electrons. The molecule has 1 aromatic rings. The minimum absolute atomic E-state index is 0.0330. The molecular weight excluding hydrogens is 258 g/mol. The van der Waals surface area contributed by atoms with Gasteiger partial charge in [-0.1, -0.05) is 33.1 Å². The Morgan fingerprint density at radius 3 is 2.75 bits per heavy atom. The fourth-order valence-corrected chi connectivity index (χ4v) is 1.99. The van der Waals surface area contributed by atoms with E-state index in [9.17, 15) is 10.1 Å². The van der Waals surface area contributed by atoms with Crippen molar-refractivity contribution in [2.45, 2.75) is 39.5 Å². The predicted molar refractivity (Wildman–Crippen MR) is 80.5 cm³/mol. The van der Waals surface area contributed by atoms with E-state index in [1.54, 1.807) is 0 Å². The predicted octanol–water partition coefficient (Wildman–Crippen LogP) is 2.90. The quantitative estimate of drug-likeness (QED) is 0.365. The molecule has 0 aromatic carbocycles. The highest BCUT2D eigenvalue weighted by atomic mass is 16.6. The zero-order valence-corrected chi connectivity index (χ0v) is 12.1. The third kappa shape index (κ3) is 4.65. The number of pyridine rings is 1. The molecule has 0 spiro atoms. The smallest absolute Gasteiger partial charge is 0.311 e. The molecule has 0 aliphatic rings. The van der Waals surface area contributed by atoms with Gasteiger partial charge in [0.25, 0.3) is 0 Å². The van der Waals surface area contributed by atoms with E-state index in [0.717, 1.165) is 19.3 Å². The normalized spacial score (nSPS) is 11.9. The molecule has 4 N–H and O–H groups in total. The number of unbranched alkanes of at least 4 members (excludes halogenated alkanes) is 1. The lowest BCUT2D eigenvalue weighted by Gasteiger charge is -2.16. The van der Waals surface area contributed by atoms with Gasteiger partial charge in [0.1, 0.15) is 5.82 Å². The monoisotopic (exact) mass is 281 g/mol. The second-order valence-corrected chi connectivity index (χ2v) is 4.76. The van der Waals surface area contributed by atoms with Gasteiger partial charge >= 0.3 is 5.69 Å². The molecule has 1 aromatic heterocycles. The highest BCUT2D eigenvalue weighted by molar-refractivity contribution is 5.59. The van der Waals surface area contributed by atoms with Gasteiger partial charge in [0.05, 0.1) is 4.92 Å². The molecule has 7 nitrogen and oxygen atoms in total. The molecule has 1 atom stereocenters. The van der Waals surface area contributed by atoms with E-state index in [1.165, 1.54) is 18.6 Å². The van der Waals surface area contributed by atoms with Crippen LogP contribution in [0.4, 0.5) is 17.3 Å². The van der Waals surface area contributed by atoms with E-state index in [4.69, 9.17) is 5.84 Å². The van der Waals surface area contributed by atoms with Gasteiger partial charge in [0, 0.05) is 12.6 Å². The van der Waals surface area contributed by atoms with Crippen molar-refractivity contribution < 1.29 is 4.92 Å². The molecule has 0 saturated heterocycles. The van der Waals surface area contributed by atoms with Crippen LogP contribution in [-0.4, -0.2) is 16.5 Å². The number of nitrogens with zero attached hydrogens (tertiary/aromatic N) is 2. The highest BCUT2D eigenvalue weighted by Gasteiger charge is 2.17. The summed E-state index contributed by atoms with van der Waals surface area (Å²) in [6.45, 7) is 4.96. The third-order valence-corrected chi connectivity index (χ3v) is 3.32. The maximum Gasteiger partial charge on any atom is 0.311 e. The maximum atomic E-state index is 11.0. The summed E-state index contributed by atoms with van der Waals surface area (Å²) in [5.41, 5.74) is 2.36. The van der Waals surface area contributed by atoms with Crippen molar-refractivity contribution in [3.63, 3.8) is 0 Å². The van der Waals surface area contributed by atoms with Crippen LogP contribution in [0.25, 0.3) is 0 Å². The summed E-state index contributed by atoms with van der Waals surface area (Å²) in [4.78, 5) is 14.6. The average Bonchev–Trinajstić information content (AvgIpc) is 2.47. The zero-order chi connectivity index (χ0) is 15.0. The molecule has 0 fully saturated rings. The fourth-order valence-electron chi connectivity index (χ4n) is 1.99. The lowest BCUT2D eigenvalue weighted by Crippen LogP contribution is -2.16. The summed E-state index contributed by atoms with van der Waals surface area (Å²) >= 11 is 0. The fraction of sp³-hybridized carbons (Fsp3) is 0.615. The van der Waals surface area contributed by atoms with Crippen LogP contribution in [0.5, 0.6) is 0 Å². The SMILES string of the molecule is CCCCC(CC)CNc1nc(NN)ccc1[N+](=O)[O-]. The summed E-state index contributed by atoms with van der Waals surface area (Å²) in [7, 11) is 0. The van der Waals surface area contributed by atoms with Crippen LogP contribution in [-0.2, 0) is 0 Å². The minimum atomic E-state index is -0.442. The molecule has 0 bridgehead atoms. The number of nitrogens with two attached hydrogens (primary N) is 1. The molecule has 0 aliphatic carbocycles. The van der Waals surface area contributed by atoms with Gasteiger partial charge < -0.3 is 10.7 Å². The minimum Gasteiger partial charge on any atom is -0.364 e. The standard InChI is InChI=1S/C13H23N5O2/c1-3-5-6-10(4-2)9-15-13-11(18(19)20)7-8-12(16-13)17-14/h7-8,10H,3-6,9,14H2,1-2H3,(H2,15,16,17). The molecule has 0 radical (unpaired) electrons. The Kier molecular flexibility index (Phi) is 6.72. The molecule has 20 heavy (non-hydrogen) atoms. The summed E-state index contributed by atoms with van der Waals surface area (Å²) in [5, 5.41) is 14.1. The van der Waals surface area contributed by atoms with Crippen molar-refractivity contribution in [2.24, 2.45) is 11.8 Å². The lowest BCUT2D eigenvalue weighted by atomic mass is 9.99. The van der Waals surface area contributed by atoms with Crippen molar-refractivity contribution in [1.29, 1.82) is 0 Å². The summed E-state index contributed by atoms with van der Waals surface area (Å²) in [6, 6.07) is 2.88. The van der Waals surface area contributed by atoms with Crippen molar-refractivity contribution in [2.75, 3.05) is 17.3 Å². The van der Waals surface area contributed by atoms with Crippen molar-refractivity contribution in [3.05, 3.63) is 22.2 Å². The molecule has 7 heteroatoms. The molecule has 0 saturated carbocycles. The van der Waals surface area contributed by atoms with E-state index in [-0.39, 0.29) is 11.5 Å². The third-order valence-electron chi connectivity index (χ3n) is 3.32. The Hall–Kier alpha value is -1.89. The van der Waals surface area contributed by atoms with E-state index in [2.05, 4.69) is 29.6 Å². The number of anilines is 2. The first-order valence-electron chi connectivity index (χ1n) is 6.98. The van der Waals surface area contributed by atoms with Crippen LogP contribution in [0.1, 0.15) is 39.5 Å². The first-order chi connectivity index (χ1) is 9.62. The van der Waals surface area contributed by atoms with E-state index in [1.807, 2.05) is 0 Å². The molecule has 1 rings (SSSR count). The largest absolute Gasteiger partial charge is 0.364 e. The second-order valence-electron chi connectivity index (χ2n) is 4.76. The zero-order valence-electron chi connectivity index (χ0n) is 12.1. The molecule has 1 unspecified atom stereocenters. The Morgan fingerprint density at radius 2 is 2.20 bits per heavy atom. The van der Waals surface area contributed by atoms with Gasteiger partial charge in [-0.15, -0.1) is 0 Å². The second kappa shape index (κ2) is 8.31. The number of nitrogen functional groups attached to an aromatic ring is 1. The van der Waals surface area contributed by atoms with Crippen LogP contribution in [0.2, 0.25) is 0 Å². The Labute approximate surface area is 119 Å². The maximum absolute atomic E-state index is 11.0. The van der Waals surface area contributed by atoms with E-state index >= 15 is 0 Å². The van der Waals surface area contributed by atoms with Gasteiger partial charge in [0.15, 0.2) is 0 Å². The number of nitrogens with one attached hydrogen (secondary N) is 2. The van der Waals surface area contributed by atoms with Crippen LogP contribution in [0, 0.1) is 16.0 Å². The van der Waals surface area contributed by atoms with Crippen molar-refractivity contribution >= 4 is 17.3 Å². The molecular formula is C13H23N5O2. The number of nitro groups is 1. The number of aromatic nitrogens is 1. The number of hydrogen-bond donors (Lipinski definition) is 3. The van der Waals surface area contributed by atoms with Gasteiger partial charge in [-0.3, -0.25) is 10.1 Å². The van der Waals surface area contributed by atoms with Gasteiger partial charge in [-0.2, -0.15) is 0 Å². The van der Waals surface area contributed by atoms with Crippen LogP contribution in [0.3, 0.4) is 0 Å². The van der Waals surface area contributed by atoms with Crippen LogP contribution in [0.15, 0.2) is 12.1 Å². The summed E-state index contributed by atoms with van der Waals surface area (Å²) < 4.78 is 0. The lowest BCUT2D eigenvalue weighted by molar-refractivity contribution is -0.384. The number of hydrogen-bond acceptors (Lipinski definition) is 6. The van der Waals surface area contributed by atoms with Crippen molar-refractivity contribution in [3.8, 4) is 0 Å². The molecule has 1 heterocycles. The van der Waals surface area contributed by atoms with E-state index < -0.39 is 4.92 Å². The Balaban J connectivity index is 2.76. The van der Waals surface area contributed by atoms with E-state index in [0.29, 0.717) is 18.3 Å². The number of hydrazine groups is 1. The van der Waals surface area contributed by atoms with Crippen LogP contribution < -0.4 is 16.6 Å². The Morgan fingerprint density at radius 1 is 1.45 bits per heavy atom. The summed E-state index contributed by atoms with van der Waals surface area (Å²) in [5.74, 6) is 6.44. The molecule has 0 aliphatic heterocycles. The number of rotatable bonds is 9. The average molecular weight is 281 g/mol. The van der Waals surface area contributed by atoms with Gasteiger partial charge in [0.2, 0.25) is 5.82 Å². The van der Waals surface area contributed by atoms with Crippen LogP contribution >= 0.6 is 0 Å². The topological polar surface area (TPSA) is 106 Å². The summed E-state index contributed by atoms with van der Waals surface area (Å²) in [6.07, 6.45) is 4.47. The first kappa shape index (κ1) is 16.2. The molecule has 0 amide bonds. The first-order valence-corrected chi connectivity index (χ1v) is 6.98. The van der Waals surface area contributed by atoms with Crippen molar-refractivity contribution in [1.82, 2.24) is 4.98 Å². The Bertz CT molecular complexity index is 439. The van der Waals surface area contributed by atoms with Gasteiger partial charge in [-0.25, -0.2) is 10.8 Å². The van der Waals surface area contributed by atoms with Gasteiger partial charge in [-0.05, 0) is 18.4 Å².